The third-order valence-corrected chi connectivity index (χ3v) is 15.8. The first-order chi connectivity index (χ1) is 32.3. The van der Waals surface area contributed by atoms with Crippen LogP contribution in [-0.2, 0) is 33.3 Å². The van der Waals surface area contributed by atoms with Gasteiger partial charge in [0.1, 0.15) is 48.9 Å². The zero-order valence-electron chi connectivity index (χ0n) is 37.6. The van der Waals surface area contributed by atoms with Gasteiger partial charge in [-0.2, -0.15) is 0 Å². The largest absolute Gasteiger partial charge is 0.477 e. The van der Waals surface area contributed by atoms with Crippen LogP contribution in [0.25, 0.3) is 0 Å². The van der Waals surface area contributed by atoms with E-state index >= 15 is 0 Å². The summed E-state index contributed by atoms with van der Waals surface area (Å²) in [7, 11) is 4.47. The molecule has 4 heterocycles. The first-order valence-electron chi connectivity index (χ1n) is 22.9. The molecule has 6 rings (SSSR count). The molecule has 21 nitrogen and oxygen atoms in total. The lowest BCUT2D eigenvalue weighted by Gasteiger charge is -2.48. The normalized spacial score (nSPS) is 34.5. The summed E-state index contributed by atoms with van der Waals surface area (Å²) in [5, 5.41) is 100. The van der Waals surface area contributed by atoms with E-state index in [1.54, 1.807) is 12.2 Å². The van der Waals surface area contributed by atoms with E-state index in [1.165, 1.54) is 41.1 Å². The molecule has 13 atom stereocenters. The molecule has 3 fully saturated rings. The maximum atomic E-state index is 14.7. The van der Waals surface area contributed by atoms with Gasteiger partial charge in [-0.05, 0) is 57.9 Å². The van der Waals surface area contributed by atoms with Crippen LogP contribution in [-0.4, -0.2) is 184 Å². The predicted octanol–water partition coefficient (Wildman–Crippen LogP) is -2.30. The zero-order chi connectivity index (χ0) is 48.3. The van der Waals surface area contributed by atoms with Gasteiger partial charge in [0.15, 0.2) is 18.4 Å². The van der Waals surface area contributed by atoms with E-state index in [0.717, 1.165) is 24.8 Å². The Morgan fingerprint density at radius 2 is 1.84 bits per heavy atom. The van der Waals surface area contributed by atoms with Crippen molar-refractivity contribution in [2.24, 2.45) is 34.4 Å². The fourth-order valence-corrected chi connectivity index (χ4v) is 12.2. The van der Waals surface area contributed by atoms with Gasteiger partial charge in [0.05, 0.1) is 49.0 Å². The van der Waals surface area contributed by atoms with E-state index in [9.17, 15) is 55.5 Å². The van der Waals surface area contributed by atoms with Crippen molar-refractivity contribution in [1.82, 2.24) is 10.6 Å². The van der Waals surface area contributed by atoms with Crippen molar-refractivity contribution in [3.8, 4) is 0 Å². The minimum Gasteiger partial charge on any atom is -0.477 e. The predicted molar refractivity (Wildman–Crippen MR) is 244 cm³/mol. The number of carboxylic acid groups (broad SMARTS) is 1. The Labute approximate surface area is 397 Å². The summed E-state index contributed by atoms with van der Waals surface area (Å²) in [5.74, 6) is -6.43. The van der Waals surface area contributed by atoms with Gasteiger partial charge in [0.2, 0.25) is 12.1 Å². The second-order valence-corrected chi connectivity index (χ2v) is 20.1. The van der Waals surface area contributed by atoms with E-state index in [0.29, 0.717) is 54.1 Å². The van der Waals surface area contributed by atoms with Gasteiger partial charge in [-0.1, -0.05) is 51.8 Å². The fourth-order valence-electron chi connectivity index (χ4n) is 9.37. The Bertz CT molecular complexity index is 1870. The number of aliphatic imine (C=N–C) groups is 1. The monoisotopic (exact) mass is 986 g/mol. The van der Waals surface area contributed by atoms with E-state index < -0.39 is 92.0 Å². The quantitative estimate of drug-likeness (QED) is 0.0156. The van der Waals surface area contributed by atoms with Crippen LogP contribution >= 0.6 is 21.6 Å². The molecular formula is C44H68N5O16S2+. The standard InChI is InChI=1S/C44H67N5O16S2/c1-46-35(20-54)64-38-42(63-34(19-53)37(55)44(38,59)60)65-41-29(14-24-6-3-2-4-7-24)28-10-8-25-15-49(16-30(39(56)57)36(25)48-43(45)47-12-5-13-50)27(18-52)22-66-67-23-32-26(17-51)9-11-33(32)62-40(58)31(28)21-61-41/h8,10,14,16,21,26-29,32-35,37-38,41-42,46,50-55,59-60H,2-7,9,11-13,15,17-20,22-23H2,1H3,(H,56,57)(H3,45,47,48)/p+1. The fraction of sp³-hybridized carbons (Fsp3) is 0.705. The molecular weight excluding hydrogens is 919 g/mol. The molecule has 23 heteroatoms. The zero-order valence-corrected chi connectivity index (χ0v) is 39.2. The topological polar surface area (TPSA) is 329 Å². The molecule has 2 aliphatic carbocycles. The molecule has 2 saturated carbocycles. The van der Waals surface area contributed by atoms with Crippen LogP contribution in [0.4, 0.5) is 0 Å². The lowest BCUT2D eigenvalue weighted by molar-refractivity contribution is -0.867. The van der Waals surface area contributed by atoms with Crippen LogP contribution in [0.2, 0.25) is 0 Å². The highest BCUT2D eigenvalue weighted by Gasteiger charge is 2.58. The average Bonchev–Trinajstić information content (AvgIpc) is 3.70. The molecule has 13 unspecified atom stereocenters. The van der Waals surface area contributed by atoms with E-state index in [4.69, 9.17) is 29.4 Å². The number of aliphatic hydroxyl groups excluding tert-OH is 6. The Morgan fingerprint density at radius 1 is 1.07 bits per heavy atom. The number of aliphatic carboxylic acids is 1. The molecule has 67 heavy (non-hydrogen) atoms. The number of rotatable bonds is 15. The van der Waals surface area contributed by atoms with Crippen LogP contribution in [0.5, 0.6) is 0 Å². The molecule has 2 bridgehead atoms. The molecule has 0 radical (unpaired) electrons. The number of hydrogen-bond acceptors (Lipinski definition) is 19. The minimum atomic E-state index is -3.09. The number of likely N-dealkylation sites (N-methyl/N-ethyl adjacent to an activating group) is 1. The summed E-state index contributed by atoms with van der Waals surface area (Å²) in [6.07, 6.45) is 3.27. The van der Waals surface area contributed by atoms with Crippen molar-refractivity contribution >= 4 is 39.5 Å². The summed E-state index contributed by atoms with van der Waals surface area (Å²) in [6, 6.07) is -0.461. The second kappa shape index (κ2) is 25.1. The number of nitrogens with one attached hydrogen (secondary N) is 3. The van der Waals surface area contributed by atoms with Gasteiger partial charge in [-0.25, -0.2) is 9.59 Å². The van der Waals surface area contributed by atoms with Gasteiger partial charge < -0.3 is 80.7 Å². The average molecular weight is 987 g/mol. The summed E-state index contributed by atoms with van der Waals surface area (Å²) in [6.45, 7) is -1.69. The van der Waals surface area contributed by atoms with Crippen LogP contribution in [0.1, 0.15) is 51.4 Å². The molecule has 14 N–H and O–H groups in total. The van der Waals surface area contributed by atoms with Crippen molar-refractivity contribution in [3.05, 3.63) is 58.7 Å². The van der Waals surface area contributed by atoms with Gasteiger partial charge >= 0.3 is 11.9 Å². The molecule has 0 aromatic rings. The molecule has 0 aromatic heterocycles. The minimum absolute atomic E-state index is 0.0757. The first kappa shape index (κ1) is 53.2. The molecule has 4 aliphatic heterocycles. The Morgan fingerprint density at radius 3 is 2.51 bits per heavy atom. The Balaban J connectivity index is 1.51. The number of nitrogens with two attached hydrogens (primary N) is 1. The van der Waals surface area contributed by atoms with Crippen molar-refractivity contribution in [2.75, 3.05) is 64.7 Å². The summed E-state index contributed by atoms with van der Waals surface area (Å²) < 4.78 is 30.9. The van der Waals surface area contributed by atoms with E-state index in [2.05, 4.69) is 15.6 Å². The number of guanidine groups is 1. The highest BCUT2D eigenvalue weighted by molar-refractivity contribution is 8.76. The number of allylic oxidation sites excluding steroid dienone is 2. The second-order valence-electron chi connectivity index (χ2n) is 17.6. The number of nitrogens with zero attached hydrogens (tertiary/aromatic N) is 1. The third-order valence-electron chi connectivity index (χ3n) is 13.2. The highest BCUT2D eigenvalue weighted by Crippen LogP contribution is 2.43. The Kier molecular flexibility index (Phi) is 20.0. The number of hydrogen-bond donors (Lipinski definition) is 13. The molecule has 0 amide bonds. The van der Waals surface area contributed by atoms with Crippen molar-refractivity contribution in [3.63, 3.8) is 0 Å². The first-order valence-corrected chi connectivity index (χ1v) is 25.4. The summed E-state index contributed by atoms with van der Waals surface area (Å²) in [4.78, 5) is 32.7. The molecule has 0 aromatic carbocycles. The van der Waals surface area contributed by atoms with Crippen LogP contribution in [0.3, 0.4) is 0 Å². The van der Waals surface area contributed by atoms with Gasteiger partial charge in [0.25, 0.3) is 0 Å². The SMILES string of the molecule is CNC(CO)OC1C(OC2OC=C3C(=O)OC4CCC(CO)C4CSSCC(CO)[NH+]4C=C(C(=O)O)C(NC(N)=NCCCO)=C(C=CC3C2C=C2CCCCC2)C4)OC(CO)C(O)C1(O)O. The number of aliphatic hydroxyl groups is 8. The van der Waals surface area contributed by atoms with Crippen LogP contribution < -0.4 is 21.3 Å². The number of carboxylic acids is 1. The number of esters is 1. The number of ether oxygens (including phenoxy) is 5. The van der Waals surface area contributed by atoms with Crippen LogP contribution in [0.15, 0.2) is 63.7 Å². The molecule has 1 saturated heterocycles. The van der Waals surface area contributed by atoms with Gasteiger partial charge in [0, 0.05) is 42.9 Å². The smallest absolute Gasteiger partial charge is 0.343 e. The number of fused-ring (bicyclic) bond motifs is 4. The molecule has 0 spiro atoms. The van der Waals surface area contributed by atoms with Crippen LogP contribution in [0, 0.1) is 23.7 Å². The van der Waals surface area contributed by atoms with Gasteiger partial charge in [-0.15, -0.1) is 0 Å². The maximum absolute atomic E-state index is 14.7. The number of carbonyl (C=O) groups is 2. The summed E-state index contributed by atoms with van der Waals surface area (Å²) >= 11 is 0. The van der Waals surface area contributed by atoms with E-state index in [1.807, 2.05) is 6.08 Å². The maximum Gasteiger partial charge on any atom is 0.343 e. The molecule has 6 aliphatic rings. The number of carbonyl (C=O) groups excluding carboxylic acids is 1. The van der Waals surface area contributed by atoms with E-state index in [-0.39, 0.29) is 67.5 Å². The van der Waals surface area contributed by atoms with Crippen molar-refractivity contribution in [2.45, 2.75) is 106 Å². The molecule has 376 valence electrons. The van der Waals surface area contributed by atoms with Gasteiger partial charge in [-0.3, -0.25) is 15.2 Å². The lowest BCUT2D eigenvalue weighted by atomic mass is 9.80. The highest BCUT2D eigenvalue weighted by atomic mass is 33.1. The van der Waals surface area contributed by atoms with Crippen molar-refractivity contribution in [1.29, 1.82) is 0 Å². The number of quaternary nitrogens is 1. The Hall–Kier alpha value is -3.11. The summed E-state index contributed by atoms with van der Waals surface area (Å²) in [5.41, 5.74) is 7.79. The lowest BCUT2D eigenvalue weighted by Crippen LogP contribution is -3.13. The third kappa shape index (κ3) is 13.0. The van der Waals surface area contributed by atoms with Crippen molar-refractivity contribution < 1.29 is 84.1 Å².